The largest absolute Gasteiger partial charge is 0.333 e. The quantitative estimate of drug-likeness (QED) is 0.824. The number of amides is 1. The van der Waals surface area contributed by atoms with E-state index in [9.17, 15) is 10.1 Å². The van der Waals surface area contributed by atoms with Crippen molar-refractivity contribution in [2.75, 3.05) is 18.9 Å². The summed E-state index contributed by atoms with van der Waals surface area (Å²) < 4.78 is 0. The molecule has 1 aromatic carbocycles. The van der Waals surface area contributed by atoms with Crippen molar-refractivity contribution >= 4 is 22.2 Å². The van der Waals surface area contributed by atoms with Gasteiger partial charge in [0.25, 0.3) is 0 Å². The van der Waals surface area contributed by atoms with E-state index in [0.717, 1.165) is 37.4 Å². The van der Waals surface area contributed by atoms with Crippen LogP contribution in [0.25, 0.3) is 0 Å². The summed E-state index contributed by atoms with van der Waals surface area (Å²) >= 11 is 1.59. The Balaban J connectivity index is 1.55. The van der Waals surface area contributed by atoms with Crippen LogP contribution in [0.15, 0.2) is 24.3 Å². The van der Waals surface area contributed by atoms with Crippen LogP contribution in [-0.2, 0) is 24.2 Å². The Morgan fingerprint density at radius 2 is 2.08 bits per heavy atom. The topological polar surface area (TPSA) is 57.3 Å². The molecule has 1 amide bonds. The Morgan fingerprint density at radius 3 is 2.85 bits per heavy atom. The Bertz CT molecular complexity index is 834. The third-order valence-corrected chi connectivity index (χ3v) is 6.28. The van der Waals surface area contributed by atoms with Gasteiger partial charge in [0.05, 0.1) is 25.6 Å². The first-order valence-electron chi connectivity index (χ1n) is 9.28. The van der Waals surface area contributed by atoms with E-state index in [-0.39, 0.29) is 5.91 Å². The minimum absolute atomic E-state index is 0.00392. The smallest absolute Gasteiger partial charge is 0.230 e. The summed E-state index contributed by atoms with van der Waals surface area (Å²) in [4.78, 5) is 15.0. The van der Waals surface area contributed by atoms with Gasteiger partial charge >= 0.3 is 0 Å². The molecule has 2 aromatic rings. The number of aryl methyl sites for hydroxylation is 2. The van der Waals surface area contributed by atoms with Gasteiger partial charge in [0.15, 0.2) is 0 Å². The van der Waals surface area contributed by atoms with Crippen LogP contribution in [0, 0.1) is 18.3 Å². The van der Waals surface area contributed by atoms with Gasteiger partial charge in [-0.2, -0.15) is 5.26 Å². The molecule has 1 heterocycles. The van der Waals surface area contributed by atoms with E-state index in [1.807, 2.05) is 0 Å². The average Bonchev–Trinajstić information content (AvgIpc) is 2.99. The molecule has 26 heavy (non-hydrogen) atoms. The van der Waals surface area contributed by atoms with E-state index in [2.05, 4.69) is 49.6 Å². The van der Waals surface area contributed by atoms with Crippen LogP contribution in [0.2, 0.25) is 0 Å². The maximum absolute atomic E-state index is 12.4. The van der Waals surface area contributed by atoms with E-state index in [1.54, 1.807) is 11.3 Å². The number of anilines is 1. The highest BCUT2D eigenvalue weighted by Crippen LogP contribution is 2.37. The molecule has 5 heteroatoms. The zero-order chi connectivity index (χ0) is 18.5. The second-order valence-electron chi connectivity index (χ2n) is 7.14. The van der Waals surface area contributed by atoms with E-state index < -0.39 is 0 Å². The molecule has 2 N–H and O–H groups in total. The zero-order valence-corrected chi connectivity index (χ0v) is 16.3. The van der Waals surface area contributed by atoms with Gasteiger partial charge in [-0.3, -0.25) is 4.79 Å². The van der Waals surface area contributed by atoms with Crippen LogP contribution in [-0.4, -0.2) is 19.5 Å². The summed E-state index contributed by atoms with van der Waals surface area (Å²) in [7, 11) is 2.12. The van der Waals surface area contributed by atoms with Crippen molar-refractivity contribution < 1.29 is 9.69 Å². The monoisotopic (exact) mass is 368 g/mol. The molecule has 0 saturated heterocycles. The Hall–Kier alpha value is -2.16. The summed E-state index contributed by atoms with van der Waals surface area (Å²) in [5.41, 5.74) is 4.47. The molecule has 1 aliphatic carbocycles. The predicted octanol–water partition coefficient (Wildman–Crippen LogP) is 2.85. The minimum atomic E-state index is 0.00392. The number of quaternary nitrogens is 1. The van der Waals surface area contributed by atoms with Crippen molar-refractivity contribution in [2.45, 2.75) is 45.6 Å². The minimum Gasteiger partial charge on any atom is -0.333 e. The molecule has 1 atom stereocenters. The SMILES string of the molecule is Cc1ccccc1C[NH+](C)CCC(=O)Nc1sc2c(c1C#N)CCCC2. The summed E-state index contributed by atoms with van der Waals surface area (Å²) in [5, 5.41) is 13.2. The highest BCUT2D eigenvalue weighted by atomic mass is 32.1. The van der Waals surface area contributed by atoms with Gasteiger partial charge in [0.1, 0.15) is 17.6 Å². The van der Waals surface area contributed by atoms with Crippen molar-refractivity contribution in [1.29, 1.82) is 5.26 Å². The van der Waals surface area contributed by atoms with Gasteiger partial charge in [-0.05, 0) is 43.7 Å². The molecular weight excluding hydrogens is 342 g/mol. The maximum Gasteiger partial charge on any atom is 0.230 e. The summed E-state index contributed by atoms with van der Waals surface area (Å²) in [5.74, 6) is 0.00392. The lowest BCUT2D eigenvalue weighted by atomic mass is 9.96. The van der Waals surface area contributed by atoms with Crippen molar-refractivity contribution in [2.24, 2.45) is 0 Å². The first-order chi connectivity index (χ1) is 12.6. The van der Waals surface area contributed by atoms with Gasteiger partial charge in [-0.1, -0.05) is 24.3 Å². The van der Waals surface area contributed by atoms with Crippen LogP contribution >= 0.6 is 11.3 Å². The van der Waals surface area contributed by atoms with Crippen LogP contribution in [0.5, 0.6) is 0 Å². The number of fused-ring (bicyclic) bond motifs is 1. The molecular formula is C21H26N3OS+. The van der Waals surface area contributed by atoms with Crippen LogP contribution in [0.4, 0.5) is 5.00 Å². The predicted molar refractivity (Wildman–Crippen MR) is 106 cm³/mol. The number of carbonyl (C=O) groups excluding carboxylic acids is 1. The molecule has 3 rings (SSSR count). The van der Waals surface area contributed by atoms with E-state index in [1.165, 1.54) is 32.9 Å². The molecule has 136 valence electrons. The van der Waals surface area contributed by atoms with Gasteiger partial charge in [-0.15, -0.1) is 11.3 Å². The number of nitrogens with zero attached hydrogens (tertiary/aromatic N) is 1. The van der Waals surface area contributed by atoms with Crippen LogP contribution in [0.3, 0.4) is 0 Å². The van der Waals surface area contributed by atoms with Crippen LogP contribution in [0.1, 0.15) is 46.4 Å². The number of nitriles is 1. The second kappa shape index (κ2) is 8.48. The molecule has 0 fully saturated rings. The fraction of sp³-hybridized carbons (Fsp3) is 0.429. The molecule has 0 aliphatic heterocycles. The fourth-order valence-corrected chi connectivity index (χ4v) is 4.77. The standard InChI is InChI=1S/C21H25N3OS/c1-15-7-3-4-8-16(15)14-24(2)12-11-20(25)23-21-18(13-22)17-9-5-6-10-19(17)26-21/h3-4,7-8H,5-6,9-12,14H2,1-2H3,(H,23,25)/p+1. The number of nitrogens with one attached hydrogen (secondary N) is 2. The van der Waals surface area contributed by atoms with Crippen molar-refractivity contribution in [1.82, 2.24) is 0 Å². The van der Waals surface area contributed by atoms with Crippen molar-refractivity contribution in [3.63, 3.8) is 0 Å². The molecule has 0 saturated carbocycles. The average molecular weight is 369 g/mol. The van der Waals surface area contributed by atoms with Crippen LogP contribution < -0.4 is 10.2 Å². The number of thiophene rings is 1. The highest BCUT2D eigenvalue weighted by Gasteiger charge is 2.22. The molecule has 0 bridgehead atoms. The Kier molecular flexibility index (Phi) is 6.08. The van der Waals surface area contributed by atoms with Gasteiger partial charge in [0, 0.05) is 10.4 Å². The number of rotatable bonds is 6. The van der Waals surface area contributed by atoms with Gasteiger partial charge in [-0.25, -0.2) is 0 Å². The molecule has 0 radical (unpaired) electrons. The summed E-state index contributed by atoms with van der Waals surface area (Å²) in [6, 6.07) is 10.7. The number of hydrogen-bond donors (Lipinski definition) is 2. The molecule has 4 nitrogen and oxygen atoms in total. The maximum atomic E-state index is 12.4. The molecule has 1 unspecified atom stereocenters. The Morgan fingerprint density at radius 1 is 1.31 bits per heavy atom. The third kappa shape index (κ3) is 4.32. The zero-order valence-electron chi connectivity index (χ0n) is 15.5. The number of carbonyl (C=O) groups is 1. The summed E-state index contributed by atoms with van der Waals surface area (Å²) in [6.07, 6.45) is 4.78. The normalized spacial score (nSPS) is 14.3. The van der Waals surface area contributed by atoms with Crippen molar-refractivity contribution in [3.8, 4) is 6.07 Å². The Labute approximate surface area is 159 Å². The van der Waals surface area contributed by atoms with E-state index in [4.69, 9.17) is 0 Å². The van der Waals surface area contributed by atoms with Gasteiger partial charge < -0.3 is 10.2 Å². The van der Waals surface area contributed by atoms with Crippen molar-refractivity contribution in [3.05, 3.63) is 51.4 Å². The fourth-order valence-electron chi connectivity index (χ4n) is 3.51. The molecule has 0 spiro atoms. The van der Waals surface area contributed by atoms with Gasteiger partial charge in [0.2, 0.25) is 5.91 Å². The third-order valence-electron chi connectivity index (χ3n) is 5.07. The first kappa shape index (κ1) is 18.6. The lowest BCUT2D eigenvalue weighted by Gasteiger charge is -2.15. The first-order valence-corrected chi connectivity index (χ1v) is 10.1. The highest BCUT2D eigenvalue weighted by molar-refractivity contribution is 7.16. The molecule has 1 aliphatic rings. The lowest BCUT2D eigenvalue weighted by molar-refractivity contribution is -0.893. The number of hydrogen-bond acceptors (Lipinski definition) is 3. The second-order valence-corrected chi connectivity index (χ2v) is 8.24. The summed E-state index contributed by atoms with van der Waals surface area (Å²) in [6.45, 7) is 3.81. The number of benzene rings is 1. The molecule has 1 aromatic heterocycles. The van der Waals surface area contributed by atoms with E-state index in [0.29, 0.717) is 12.0 Å². The lowest BCUT2D eigenvalue weighted by Crippen LogP contribution is -3.07. The van der Waals surface area contributed by atoms with E-state index >= 15 is 0 Å².